The number of amides is 1. The number of phenolic OH excluding ortho intramolecular Hbond substituents is 1. The molecule has 17 heavy (non-hydrogen) atoms. The molecule has 2 atom stereocenters. The van der Waals surface area contributed by atoms with Crippen LogP contribution in [0.1, 0.15) is 24.2 Å². The second-order valence-electron chi connectivity index (χ2n) is 4.08. The summed E-state index contributed by atoms with van der Waals surface area (Å²) in [6.07, 6.45) is 0. The molecule has 0 saturated carbocycles. The van der Waals surface area contributed by atoms with Crippen LogP contribution in [0.3, 0.4) is 0 Å². The highest BCUT2D eigenvalue weighted by molar-refractivity contribution is 14.1. The Balaban J connectivity index is 2.79. The van der Waals surface area contributed by atoms with Gasteiger partial charge in [-0.25, -0.2) is 0 Å². The smallest absolute Gasteiger partial charge is 0.255 e. The first-order valence-electron chi connectivity index (χ1n) is 5.36. The van der Waals surface area contributed by atoms with Crippen LogP contribution in [0.4, 0.5) is 0 Å². The molecule has 5 heteroatoms. The lowest BCUT2D eigenvalue weighted by molar-refractivity contribution is 0.0913. The van der Waals surface area contributed by atoms with Gasteiger partial charge in [-0.2, -0.15) is 0 Å². The Labute approximate surface area is 114 Å². The summed E-state index contributed by atoms with van der Waals surface area (Å²) in [7, 11) is 0. The average Bonchev–Trinajstić information content (AvgIpc) is 2.30. The number of halogens is 1. The standard InChI is InChI=1S/C12H16INO3/c1-7(6-15)8(2)14-12(17)10-5-9(13)3-4-11(10)16/h3-5,7-8,15-16H,6H2,1-2H3,(H,14,17). The van der Waals surface area contributed by atoms with E-state index in [9.17, 15) is 9.90 Å². The van der Waals surface area contributed by atoms with Gasteiger partial charge in [0.1, 0.15) is 5.75 Å². The number of nitrogens with one attached hydrogen (secondary N) is 1. The van der Waals surface area contributed by atoms with Crippen molar-refractivity contribution < 1.29 is 15.0 Å². The van der Waals surface area contributed by atoms with E-state index in [1.807, 2.05) is 13.8 Å². The van der Waals surface area contributed by atoms with E-state index < -0.39 is 0 Å². The molecule has 0 aliphatic carbocycles. The summed E-state index contributed by atoms with van der Waals surface area (Å²) in [5.74, 6) is -0.385. The SMILES string of the molecule is CC(CO)C(C)NC(=O)c1cc(I)ccc1O. The van der Waals surface area contributed by atoms with Crippen molar-refractivity contribution in [1.29, 1.82) is 0 Å². The summed E-state index contributed by atoms with van der Waals surface area (Å²) >= 11 is 2.08. The lowest BCUT2D eigenvalue weighted by Crippen LogP contribution is -2.38. The van der Waals surface area contributed by atoms with Gasteiger partial charge in [-0.3, -0.25) is 4.79 Å². The van der Waals surface area contributed by atoms with Crippen LogP contribution in [0.25, 0.3) is 0 Å². The molecule has 0 spiro atoms. The van der Waals surface area contributed by atoms with E-state index in [1.165, 1.54) is 6.07 Å². The predicted octanol–water partition coefficient (Wildman–Crippen LogP) is 1.74. The van der Waals surface area contributed by atoms with Gasteiger partial charge in [0.05, 0.1) is 5.56 Å². The van der Waals surface area contributed by atoms with Gasteiger partial charge in [0.2, 0.25) is 0 Å². The molecule has 2 unspecified atom stereocenters. The molecule has 0 bridgehead atoms. The first-order valence-corrected chi connectivity index (χ1v) is 6.43. The van der Waals surface area contributed by atoms with Crippen LogP contribution in [0.2, 0.25) is 0 Å². The summed E-state index contributed by atoms with van der Waals surface area (Å²) in [6.45, 7) is 3.68. The van der Waals surface area contributed by atoms with Crippen molar-refractivity contribution in [3.63, 3.8) is 0 Å². The fourth-order valence-corrected chi connectivity index (χ4v) is 1.77. The van der Waals surface area contributed by atoms with Crippen molar-refractivity contribution in [3.05, 3.63) is 27.3 Å². The molecule has 0 aliphatic rings. The number of aliphatic hydroxyl groups excluding tert-OH is 1. The molecular weight excluding hydrogens is 333 g/mol. The number of hydrogen-bond donors (Lipinski definition) is 3. The molecule has 1 rings (SSSR count). The number of rotatable bonds is 4. The topological polar surface area (TPSA) is 69.6 Å². The van der Waals surface area contributed by atoms with Crippen molar-refractivity contribution in [2.45, 2.75) is 19.9 Å². The van der Waals surface area contributed by atoms with Crippen LogP contribution in [-0.4, -0.2) is 28.8 Å². The minimum absolute atomic E-state index is 0.0136. The van der Waals surface area contributed by atoms with E-state index in [0.717, 1.165) is 3.57 Å². The molecule has 1 aromatic rings. The van der Waals surface area contributed by atoms with Crippen LogP contribution in [0, 0.1) is 9.49 Å². The van der Waals surface area contributed by atoms with Gasteiger partial charge >= 0.3 is 0 Å². The number of carbonyl (C=O) groups is 1. The van der Waals surface area contributed by atoms with Gasteiger partial charge in [0, 0.05) is 16.2 Å². The van der Waals surface area contributed by atoms with Gasteiger partial charge in [-0.1, -0.05) is 6.92 Å². The lowest BCUT2D eigenvalue weighted by atomic mass is 10.0. The Kier molecular flexibility index (Phi) is 5.20. The number of phenols is 1. The van der Waals surface area contributed by atoms with Crippen molar-refractivity contribution in [2.75, 3.05) is 6.61 Å². The van der Waals surface area contributed by atoms with Crippen molar-refractivity contribution in [1.82, 2.24) is 5.32 Å². The van der Waals surface area contributed by atoms with Crippen LogP contribution in [0.15, 0.2) is 18.2 Å². The number of benzene rings is 1. The van der Waals surface area contributed by atoms with Crippen molar-refractivity contribution >= 4 is 28.5 Å². The first kappa shape index (κ1) is 14.2. The number of aromatic hydroxyl groups is 1. The van der Waals surface area contributed by atoms with E-state index in [0.29, 0.717) is 0 Å². The van der Waals surface area contributed by atoms with Gasteiger partial charge in [-0.05, 0) is 53.6 Å². The largest absolute Gasteiger partial charge is 0.507 e. The minimum atomic E-state index is -0.325. The highest BCUT2D eigenvalue weighted by Gasteiger charge is 2.17. The van der Waals surface area contributed by atoms with E-state index >= 15 is 0 Å². The zero-order valence-corrected chi connectivity index (χ0v) is 11.9. The summed E-state index contributed by atoms with van der Waals surface area (Å²) in [6, 6.07) is 4.70. The molecule has 1 aromatic carbocycles. The third-order valence-electron chi connectivity index (χ3n) is 2.70. The highest BCUT2D eigenvalue weighted by atomic mass is 127. The Hall–Kier alpha value is -0.820. The van der Waals surface area contributed by atoms with E-state index in [2.05, 4.69) is 27.9 Å². The van der Waals surface area contributed by atoms with Gasteiger partial charge < -0.3 is 15.5 Å². The summed E-state index contributed by atoms with van der Waals surface area (Å²) in [5, 5.41) is 21.3. The summed E-state index contributed by atoms with van der Waals surface area (Å²) in [5.41, 5.74) is 0.258. The maximum atomic E-state index is 11.9. The molecule has 1 amide bonds. The normalized spacial score (nSPS) is 14.1. The molecule has 4 nitrogen and oxygen atoms in total. The molecule has 0 heterocycles. The van der Waals surface area contributed by atoms with E-state index in [-0.39, 0.29) is 35.8 Å². The van der Waals surface area contributed by atoms with Gasteiger partial charge in [0.15, 0.2) is 0 Å². The third kappa shape index (κ3) is 3.85. The number of aliphatic hydroxyl groups is 1. The van der Waals surface area contributed by atoms with E-state index in [1.54, 1.807) is 12.1 Å². The number of hydrogen-bond acceptors (Lipinski definition) is 3. The molecule has 0 saturated heterocycles. The molecule has 0 radical (unpaired) electrons. The molecule has 3 N–H and O–H groups in total. The fraction of sp³-hybridized carbons (Fsp3) is 0.417. The monoisotopic (exact) mass is 349 g/mol. The van der Waals surface area contributed by atoms with Crippen LogP contribution in [-0.2, 0) is 0 Å². The van der Waals surface area contributed by atoms with Crippen LogP contribution < -0.4 is 5.32 Å². The Morgan fingerprint density at radius 2 is 2.12 bits per heavy atom. The van der Waals surface area contributed by atoms with E-state index in [4.69, 9.17) is 5.11 Å². The first-order chi connectivity index (χ1) is 7.95. The average molecular weight is 349 g/mol. The van der Waals surface area contributed by atoms with Crippen LogP contribution >= 0.6 is 22.6 Å². The predicted molar refractivity (Wildman–Crippen MR) is 74.0 cm³/mol. The maximum absolute atomic E-state index is 11.9. The van der Waals surface area contributed by atoms with Crippen molar-refractivity contribution in [3.8, 4) is 5.75 Å². The Bertz CT molecular complexity index is 409. The third-order valence-corrected chi connectivity index (χ3v) is 3.37. The minimum Gasteiger partial charge on any atom is -0.507 e. The highest BCUT2D eigenvalue weighted by Crippen LogP contribution is 2.19. The maximum Gasteiger partial charge on any atom is 0.255 e. The van der Waals surface area contributed by atoms with Crippen LogP contribution in [0.5, 0.6) is 5.75 Å². The summed E-state index contributed by atoms with van der Waals surface area (Å²) < 4.78 is 0.883. The van der Waals surface area contributed by atoms with Gasteiger partial charge in [-0.15, -0.1) is 0 Å². The lowest BCUT2D eigenvalue weighted by Gasteiger charge is -2.19. The molecule has 94 valence electrons. The zero-order valence-electron chi connectivity index (χ0n) is 9.77. The fourth-order valence-electron chi connectivity index (χ4n) is 1.28. The van der Waals surface area contributed by atoms with Crippen molar-refractivity contribution in [2.24, 2.45) is 5.92 Å². The van der Waals surface area contributed by atoms with Gasteiger partial charge in [0.25, 0.3) is 5.91 Å². The Morgan fingerprint density at radius 1 is 1.47 bits per heavy atom. The molecule has 0 aliphatic heterocycles. The molecule has 0 fully saturated rings. The summed E-state index contributed by atoms with van der Waals surface area (Å²) in [4.78, 5) is 11.9. The zero-order chi connectivity index (χ0) is 13.0. The second-order valence-corrected chi connectivity index (χ2v) is 5.33. The second kappa shape index (κ2) is 6.20. The molecular formula is C12H16INO3. The molecule has 0 aromatic heterocycles. The Morgan fingerprint density at radius 3 is 2.71 bits per heavy atom. The number of carbonyl (C=O) groups excluding carboxylic acids is 1. The quantitative estimate of drug-likeness (QED) is 0.726.